The lowest BCUT2D eigenvalue weighted by atomic mass is 10.1. The molecule has 0 heterocycles. The number of para-hydroxylation sites is 2. The van der Waals surface area contributed by atoms with E-state index in [1.165, 1.54) is 11.1 Å². The van der Waals surface area contributed by atoms with Gasteiger partial charge in [-0.25, -0.2) is 0 Å². The van der Waals surface area contributed by atoms with Gasteiger partial charge in [0.2, 0.25) is 0 Å². The zero-order chi connectivity index (χ0) is 15.6. The highest BCUT2D eigenvalue weighted by atomic mass is 33.1. The highest BCUT2D eigenvalue weighted by molar-refractivity contribution is 8.76. The number of hydrogen-bond donors (Lipinski definition) is 0. The largest absolute Gasteiger partial charge is 0.496 e. The summed E-state index contributed by atoms with van der Waals surface area (Å²) in [5.74, 6) is 4.16. The summed E-state index contributed by atoms with van der Waals surface area (Å²) in [7, 11) is 7.30. The molecule has 0 aliphatic heterocycles. The van der Waals surface area contributed by atoms with Gasteiger partial charge in [-0.2, -0.15) is 0 Å². The fourth-order valence-corrected chi connectivity index (χ4v) is 4.29. The van der Waals surface area contributed by atoms with Gasteiger partial charge in [-0.05, 0) is 36.1 Å². The first-order valence-corrected chi connectivity index (χ1v) is 9.82. The van der Waals surface area contributed by atoms with Gasteiger partial charge in [-0.3, -0.25) is 0 Å². The topological polar surface area (TPSA) is 18.5 Å². The molecule has 0 amide bonds. The van der Waals surface area contributed by atoms with Crippen LogP contribution in [0.25, 0.3) is 0 Å². The third kappa shape index (κ3) is 5.18. The third-order valence-corrected chi connectivity index (χ3v) is 5.79. The average Bonchev–Trinajstić information content (AvgIpc) is 2.58. The van der Waals surface area contributed by atoms with Crippen molar-refractivity contribution < 1.29 is 9.47 Å². The molecule has 0 atom stereocenters. The van der Waals surface area contributed by atoms with Crippen LogP contribution in [0.2, 0.25) is 0 Å². The van der Waals surface area contributed by atoms with Crippen LogP contribution in [0.3, 0.4) is 0 Å². The summed E-state index contributed by atoms with van der Waals surface area (Å²) in [6.45, 7) is 0. The third-order valence-electron chi connectivity index (χ3n) is 3.38. The van der Waals surface area contributed by atoms with Gasteiger partial charge in [0, 0.05) is 11.5 Å². The van der Waals surface area contributed by atoms with Crippen LogP contribution >= 0.6 is 21.6 Å². The van der Waals surface area contributed by atoms with E-state index in [9.17, 15) is 0 Å². The van der Waals surface area contributed by atoms with Gasteiger partial charge in [0.15, 0.2) is 0 Å². The van der Waals surface area contributed by atoms with E-state index < -0.39 is 0 Å². The average molecular weight is 335 g/mol. The molecule has 0 saturated carbocycles. The van der Waals surface area contributed by atoms with Crippen molar-refractivity contribution in [3.05, 3.63) is 59.7 Å². The summed E-state index contributed by atoms with van der Waals surface area (Å²) in [4.78, 5) is 0. The molecule has 0 aliphatic carbocycles. The molecule has 2 aromatic carbocycles. The zero-order valence-corrected chi connectivity index (χ0v) is 14.7. The van der Waals surface area contributed by atoms with Gasteiger partial charge >= 0.3 is 0 Å². The molecule has 2 rings (SSSR count). The minimum absolute atomic E-state index is 0.988. The number of ether oxygens (including phenoxy) is 2. The molecule has 2 aromatic rings. The molecule has 0 aromatic heterocycles. The molecule has 0 spiro atoms. The van der Waals surface area contributed by atoms with E-state index in [1.807, 2.05) is 45.9 Å². The lowest BCUT2D eigenvalue weighted by Gasteiger charge is -2.08. The van der Waals surface area contributed by atoms with E-state index in [1.54, 1.807) is 14.2 Å². The van der Waals surface area contributed by atoms with Gasteiger partial charge in [-0.1, -0.05) is 58.0 Å². The molecular weight excluding hydrogens is 312 g/mol. The van der Waals surface area contributed by atoms with Crippen LogP contribution in [-0.2, 0) is 12.8 Å². The predicted octanol–water partition coefficient (Wildman–Crippen LogP) is 4.87. The quantitative estimate of drug-likeness (QED) is 0.481. The van der Waals surface area contributed by atoms with E-state index in [2.05, 4.69) is 24.3 Å². The molecule has 0 bridgehead atoms. The van der Waals surface area contributed by atoms with Crippen molar-refractivity contribution in [3.63, 3.8) is 0 Å². The fourth-order valence-electron chi connectivity index (χ4n) is 2.24. The van der Waals surface area contributed by atoms with Crippen LogP contribution in [0.15, 0.2) is 48.5 Å². The molecule has 0 radical (unpaired) electrons. The second kappa shape index (κ2) is 9.70. The predicted molar refractivity (Wildman–Crippen MR) is 98.3 cm³/mol. The molecular formula is C18H22O2S2. The van der Waals surface area contributed by atoms with E-state index >= 15 is 0 Å². The first-order valence-electron chi connectivity index (χ1n) is 7.33. The van der Waals surface area contributed by atoms with Crippen molar-refractivity contribution in [1.29, 1.82) is 0 Å². The Balaban J connectivity index is 1.67. The number of hydrogen-bond acceptors (Lipinski definition) is 4. The van der Waals surface area contributed by atoms with Gasteiger partial charge in [0.1, 0.15) is 11.5 Å². The second-order valence-electron chi connectivity index (χ2n) is 4.77. The second-order valence-corrected chi connectivity index (χ2v) is 7.47. The minimum Gasteiger partial charge on any atom is -0.496 e. The Morgan fingerprint density at radius 1 is 0.682 bits per heavy atom. The normalized spacial score (nSPS) is 10.5. The Morgan fingerprint density at radius 2 is 1.09 bits per heavy atom. The fraction of sp³-hybridized carbons (Fsp3) is 0.333. The standard InChI is InChI=1S/C18H22O2S2/c1-19-17-9-5-3-7-15(17)11-13-21-22-14-12-16-8-4-6-10-18(16)20-2/h3-10H,11-14H2,1-2H3. The van der Waals surface area contributed by atoms with Crippen LogP contribution < -0.4 is 9.47 Å². The van der Waals surface area contributed by atoms with E-state index in [-0.39, 0.29) is 0 Å². The maximum atomic E-state index is 5.38. The number of rotatable bonds is 9. The maximum Gasteiger partial charge on any atom is 0.122 e. The lowest BCUT2D eigenvalue weighted by Crippen LogP contribution is -1.94. The minimum atomic E-state index is 0.988. The highest BCUT2D eigenvalue weighted by Crippen LogP contribution is 2.27. The number of aryl methyl sites for hydroxylation is 2. The first-order chi connectivity index (χ1) is 10.8. The summed E-state index contributed by atoms with van der Waals surface area (Å²) in [5, 5.41) is 0. The molecule has 0 saturated heterocycles. The Morgan fingerprint density at radius 3 is 1.50 bits per heavy atom. The van der Waals surface area contributed by atoms with Gasteiger partial charge in [0.05, 0.1) is 14.2 Å². The van der Waals surface area contributed by atoms with Crippen molar-refractivity contribution in [2.75, 3.05) is 25.7 Å². The zero-order valence-electron chi connectivity index (χ0n) is 13.1. The molecule has 2 nitrogen and oxygen atoms in total. The number of benzene rings is 2. The van der Waals surface area contributed by atoms with Crippen molar-refractivity contribution >= 4 is 21.6 Å². The Kier molecular flexibility index (Phi) is 7.54. The summed E-state index contributed by atoms with van der Waals surface area (Å²) < 4.78 is 10.8. The monoisotopic (exact) mass is 334 g/mol. The molecule has 118 valence electrons. The Bertz CT molecular complexity index is 521. The van der Waals surface area contributed by atoms with E-state index in [0.717, 1.165) is 35.8 Å². The maximum absolute atomic E-state index is 5.38. The smallest absolute Gasteiger partial charge is 0.122 e. The highest BCUT2D eigenvalue weighted by Gasteiger charge is 2.03. The summed E-state index contributed by atoms with van der Waals surface area (Å²) >= 11 is 0. The molecule has 0 unspecified atom stereocenters. The summed E-state index contributed by atoms with van der Waals surface area (Å²) in [6, 6.07) is 16.5. The molecule has 4 heteroatoms. The van der Waals surface area contributed by atoms with E-state index in [4.69, 9.17) is 9.47 Å². The molecule has 0 N–H and O–H groups in total. The Labute approximate surface area is 141 Å². The van der Waals surface area contributed by atoms with Crippen LogP contribution in [0, 0.1) is 0 Å². The number of methoxy groups -OCH3 is 2. The van der Waals surface area contributed by atoms with Crippen molar-refractivity contribution in [2.24, 2.45) is 0 Å². The van der Waals surface area contributed by atoms with Crippen LogP contribution in [0.4, 0.5) is 0 Å². The SMILES string of the molecule is COc1ccccc1CCSSCCc1ccccc1OC. The van der Waals surface area contributed by atoms with Crippen LogP contribution in [0.5, 0.6) is 11.5 Å². The Hall–Kier alpha value is -1.26. The van der Waals surface area contributed by atoms with Crippen molar-refractivity contribution in [2.45, 2.75) is 12.8 Å². The first kappa shape index (κ1) is 17.1. The van der Waals surface area contributed by atoms with E-state index in [0.29, 0.717) is 0 Å². The van der Waals surface area contributed by atoms with Crippen LogP contribution in [-0.4, -0.2) is 25.7 Å². The van der Waals surface area contributed by atoms with Crippen molar-refractivity contribution in [1.82, 2.24) is 0 Å². The van der Waals surface area contributed by atoms with Crippen molar-refractivity contribution in [3.8, 4) is 11.5 Å². The molecule has 22 heavy (non-hydrogen) atoms. The molecule has 0 fully saturated rings. The van der Waals surface area contributed by atoms with Crippen LogP contribution in [0.1, 0.15) is 11.1 Å². The summed E-state index contributed by atoms with van der Waals surface area (Å²) in [5.41, 5.74) is 2.56. The van der Waals surface area contributed by atoms with Gasteiger partial charge in [-0.15, -0.1) is 0 Å². The van der Waals surface area contributed by atoms with Gasteiger partial charge in [0.25, 0.3) is 0 Å². The van der Waals surface area contributed by atoms with Gasteiger partial charge < -0.3 is 9.47 Å². The lowest BCUT2D eigenvalue weighted by molar-refractivity contribution is 0.410. The summed E-state index contributed by atoms with van der Waals surface area (Å²) in [6.07, 6.45) is 2.08. The molecule has 0 aliphatic rings.